The number of anilines is 1. The summed E-state index contributed by atoms with van der Waals surface area (Å²) in [5.74, 6) is -0.357. The van der Waals surface area contributed by atoms with E-state index in [1.54, 1.807) is 17.2 Å². The lowest BCUT2D eigenvalue weighted by Crippen LogP contribution is -2.40. The van der Waals surface area contributed by atoms with Gasteiger partial charge in [0.05, 0.1) is 17.3 Å². The molecule has 1 aliphatic rings. The van der Waals surface area contributed by atoms with Gasteiger partial charge < -0.3 is 20.1 Å². The molecule has 3 heterocycles. The molecule has 1 aromatic carbocycles. The normalized spacial score (nSPS) is 15.6. The number of primary amides is 1. The quantitative estimate of drug-likeness (QED) is 0.563. The number of benzene rings is 1. The Morgan fingerprint density at radius 3 is 2.71 bits per heavy atom. The Bertz CT molecular complexity index is 1320. The monoisotopic (exact) mass is 494 g/mol. The fourth-order valence-corrected chi connectivity index (χ4v) is 4.50. The zero-order valence-electron chi connectivity index (χ0n) is 19.6. The standard InChI is InChI=1S/C25H27ClN6O3/c1-30(2)25-28-13-19(16-6-5-7-18(26)12-16)23(29-25)20-8-3-4-11-32(20)24(35)17-9-10-22(34)31(14-17)15-21(27)33/h5-7,9-10,12-14,20H,3-4,8,11,15H2,1-2H3,(H2,27,33). The highest BCUT2D eigenvalue weighted by atomic mass is 35.5. The summed E-state index contributed by atoms with van der Waals surface area (Å²) in [6.07, 6.45) is 5.68. The van der Waals surface area contributed by atoms with Gasteiger partial charge in [0.1, 0.15) is 6.54 Å². The molecular formula is C25H27ClN6O3. The van der Waals surface area contributed by atoms with Crippen LogP contribution in [-0.4, -0.2) is 51.9 Å². The highest BCUT2D eigenvalue weighted by Gasteiger charge is 2.32. The van der Waals surface area contributed by atoms with Crippen molar-refractivity contribution in [3.8, 4) is 11.1 Å². The Morgan fingerprint density at radius 2 is 2.00 bits per heavy atom. The molecule has 0 radical (unpaired) electrons. The highest BCUT2D eigenvalue weighted by molar-refractivity contribution is 6.30. The van der Waals surface area contributed by atoms with E-state index in [0.29, 0.717) is 23.1 Å². The second-order valence-electron chi connectivity index (χ2n) is 8.73. The molecule has 4 rings (SSSR count). The number of halogens is 1. The fraction of sp³-hybridized carbons (Fsp3) is 0.320. The lowest BCUT2D eigenvalue weighted by atomic mass is 9.93. The van der Waals surface area contributed by atoms with Gasteiger partial charge in [0.15, 0.2) is 0 Å². The molecule has 1 fully saturated rings. The molecule has 1 aliphatic heterocycles. The van der Waals surface area contributed by atoms with E-state index in [-0.39, 0.29) is 18.5 Å². The number of aromatic nitrogens is 3. The first-order valence-electron chi connectivity index (χ1n) is 11.3. The van der Waals surface area contributed by atoms with Crippen molar-refractivity contribution in [3.63, 3.8) is 0 Å². The molecule has 2 amide bonds. The van der Waals surface area contributed by atoms with E-state index in [1.807, 2.05) is 37.2 Å². The van der Waals surface area contributed by atoms with Crippen LogP contribution in [0.4, 0.5) is 5.95 Å². The van der Waals surface area contributed by atoms with Crippen LogP contribution in [0.15, 0.2) is 53.6 Å². The number of rotatable bonds is 6. The van der Waals surface area contributed by atoms with E-state index in [1.165, 1.54) is 18.3 Å². The van der Waals surface area contributed by atoms with E-state index >= 15 is 0 Å². The minimum atomic E-state index is -0.657. The third-order valence-electron chi connectivity index (χ3n) is 5.98. The van der Waals surface area contributed by atoms with Crippen molar-refractivity contribution in [2.75, 3.05) is 25.5 Å². The third-order valence-corrected chi connectivity index (χ3v) is 6.21. The largest absolute Gasteiger partial charge is 0.368 e. The van der Waals surface area contributed by atoms with E-state index in [4.69, 9.17) is 22.3 Å². The molecule has 1 saturated heterocycles. The van der Waals surface area contributed by atoms with Gasteiger partial charge in [-0.3, -0.25) is 14.4 Å². The maximum atomic E-state index is 13.7. The minimum absolute atomic E-state index is 0.241. The number of piperidine rings is 1. The number of hydrogen-bond donors (Lipinski definition) is 1. The molecule has 2 N–H and O–H groups in total. The van der Waals surface area contributed by atoms with Crippen LogP contribution in [0.3, 0.4) is 0 Å². The molecule has 0 bridgehead atoms. The molecule has 1 atom stereocenters. The lowest BCUT2D eigenvalue weighted by molar-refractivity contribution is -0.118. The summed E-state index contributed by atoms with van der Waals surface area (Å²) in [6, 6.07) is 9.93. The maximum Gasteiger partial charge on any atom is 0.255 e. The topological polar surface area (TPSA) is 114 Å². The molecule has 9 nitrogen and oxygen atoms in total. The second-order valence-corrected chi connectivity index (χ2v) is 9.17. The van der Waals surface area contributed by atoms with Gasteiger partial charge in [-0.15, -0.1) is 0 Å². The molecule has 2 aromatic heterocycles. The summed E-state index contributed by atoms with van der Waals surface area (Å²) in [6.45, 7) is 0.245. The molecule has 0 aliphatic carbocycles. The summed E-state index contributed by atoms with van der Waals surface area (Å²) in [5.41, 5.74) is 7.58. The van der Waals surface area contributed by atoms with E-state index in [2.05, 4.69) is 4.98 Å². The minimum Gasteiger partial charge on any atom is -0.368 e. The van der Waals surface area contributed by atoms with Gasteiger partial charge in [0.2, 0.25) is 11.9 Å². The summed E-state index contributed by atoms with van der Waals surface area (Å²) in [4.78, 5) is 50.1. The predicted molar refractivity (Wildman–Crippen MR) is 134 cm³/mol. The Labute approximate surface area is 208 Å². The number of pyridine rings is 1. The van der Waals surface area contributed by atoms with Crippen LogP contribution in [-0.2, 0) is 11.3 Å². The molecule has 3 aromatic rings. The molecule has 1 unspecified atom stereocenters. The second kappa shape index (κ2) is 10.3. The SMILES string of the molecule is CN(C)c1ncc(-c2cccc(Cl)c2)c(C2CCCCN2C(=O)c2ccc(=O)n(CC(N)=O)c2)n1. The Morgan fingerprint density at radius 1 is 1.20 bits per heavy atom. The van der Waals surface area contributed by atoms with Crippen molar-refractivity contribution in [2.24, 2.45) is 5.73 Å². The highest BCUT2D eigenvalue weighted by Crippen LogP contribution is 2.37. The van der Waals surface area contributed by atoms with E-state index in [0.717, 1.165) is 40.7 Å². The van der Waals surface area contributed by atoms with Crippen LogP contribution in [0.25, 0.3) is 11.1 Å². The number of hydrogen-bond acceptors (Lipinski definition) is 6. The van der Waals surface area contributed by atoms with Crippen molar-refractivity contribution in [1.29, 1.82) is 0 Å². The molecule has 35 heavy (non-hydrogen) atoms. The summed E-state index contributed by atoms with van der Waals surface area (Å²) < 4.78 is 1.15. The van der Waals surface area contributed by atoms with Crippen LogP contribution in [0.1, 0.15) is 41.4 Å². The number of carbonyl (C=O) groups is 2. The van der Waals surface area contributed by atoms with Crippen LogP contribution < -0.4 is 16.2 Å². The van der Waals surface area contributed by atoms with Gasteiger partial charge in [0, 0.05) is 49.7 Å². The molecular weight excluding hydrogens is 468 g/mol. The Hall–Kier alpha value is -3.72. The number of amides is 2. The lowest BCUT2D eigenvalue weighted by Gasteiger charge is -2.36. The van der Waals surface area contributed by atoms with E-state index < -0.39 is 11.5 Å². The number of nitrogens with zero attached hydrogens (tertiary/aromatic N) is 5. The third kappa shape index (κ3) is 5.35. The first kappa shape index (κ1) is 24.4. The van der Waals surface area contributed by atoms with Crippen molar-refractivity contribution in [1.82, 2.24) is 19.4 Å². The van der Waals surface area contributed by atoms with Gasteiger partial charge in [0.25, 0.3) is 11.5 Å². The fourth-order valence-electron chi connectivity index (χ4n) is 4.31. The number of likely N-dealkylation sites (tertiary alicyclic amines) is 1. The van der Waals surface area contributed by atoms with Crippen molar-refractivity contribution in [3.05, 3.63) is 75.4 Å². The molecule has 182 valence electrons. The van der Waals surface area contributed by atoms with Gasteiger partial charge in [-0.1, -0.05) is 23.7 Å². The first-order chi connectivity index (χ1) is 16.7. The predicted octanol–water partition coefficient (Wildman–Crippen LogP) is 2.88. The average molecular weight is 495 g/mol. The smallest absolute Gasteiger partial charge is 0.255 e. The maximum absolute atomic E-state index is 13.7. The van der Waals surface area contributed by atoms with Crippen LogP contribution in [0, 0.1) is 0 Å². The Balaban J connectivity index is 1.78. The van der Waals surface area contributed by atoms with Crippen molar-refractivity contribution < 1.29 is 9.59 Å². The average Bonchev–Trinajstić information content (AvgIpc) is 2.84. The first-order valence-corrected chi connectivity index (χ1v) is 11.7. The Kier molecular flexibility index (Phi) is 7.16. The molecule has 10 heteroatoms. The van der Waals surface area contributed by atoms with Gasteiger partial charge in [-0.05, 0) is 43.0 Å². The van der Waals surface area contributed by atoms with E-state index in [9.17, 15) is 14.4 Å². The van der Waals surface area contributed by atoms with Gasteiger partial charge in [-0.25, -0.2) is 9.97 Å². The van der Waals surface area contributed by atoms with Crippen molar-refractivity contribution >= 4 is 29.4 Å². The molecule has 0 saturated carbocycles. The number of carbonyl (C=O) groups excluding carboxylic acids is 2. The number of nitrogens with two attached hydrogens (primary N) is 1. The summed E-state index contributed by atoms with van der Waals surface area (Å²) in [5, 5.41) is 0.596. The summed E-state index contributed by atoms with van der Waals surface area (Å²) >= 11 is 6.26. The van der Waals surface area contributed by atoms with Crippen LogP contribution in [0.5, 0.6) is 0 Å². The van der Waals surface area contributed by atoms with Gasteiger partial charge in [-0.2, -0.15) is 0 Å². The van der Waals surface area contributed by atoms with Crippen molar-refractivity contribution in [2.45, 2.75) is 31.8 Å². The van der Waals surface area contributed by atoms with Crippen LogP contribution in [0.2, 0.25) is 5.02 Å². The van der Waals surface area contributed by atoms with Gasteiger partial charge >= 0.3 is 0 Å². The zero-order chi connectivity index (χ0) is 25.1. The summed E-state index contributed by atoms with van der Waals surface area (Å²) in [7, 11) is 3.73. The molecule has 0 spiro atoms. The zero-order valence-corrected chi connectivity index (χ0v) is 20.4. The van der Waals surface area contributed by atoms with Crippen LogP contribution >= 0.6 is 11.6 Å².